The third kappa shape index (κ3) is 2.60. The fraction of sp³-hybridized carbons (Fsp3) is 1.00. The van der Waals surface area contributed by atoms with Gasteiger partial charge in [-0.3, -0.25) is 9.80 Å². The van der Waals surface area contributed by atoms with Gasteiger partial charge in [-0.25, -0.2) is 0 Å². The molecule has 0 spiro atoms. The molecule has 0 aromatic carbocycles. The van der Waals surface area contributed by atoms with Gasteiger partial charge in [-0.2, -0.15) is 0 Å². The molecule has 0 aromatic heterocycles. The van der Waals surface area contributed by atoms with Crippen LogP contribution in [0.4, 0.5) is 0 Å². The highest BCUT2D eigenvalue weighted by molar-refractivity contribution is 4.90. The normalized spacial score (nSPS) is 43.7. The van der Waals surface area contributed by atoms with E-state index < -0.39 is 0 Å². The van der Waals surface area contributed by atoms with E-state index in [0.717, 1.165) is 23.9 Å². The molecule has 2 heteroatoms. The Labute approximate surface area is 113 Å². The number of nitrogens with zero attached hydrogens (tertiary/aromatic N) is 2. The number of hydrogen-bond donors (Lipinski definition) is 0. The smallest absolute Gasteiger partial charge is 0.0223 e. The van der Waals surface area contributed by atoms with Gasteiger partial charge in [0.2, 0.25) is 0 Å². The van der Waals surface area contributed by atoms with Crippen molar-refractivity contribution in [3.05, 3.63) is 0 Å². The van der Waals surface area contributed by atoms with Gasteiger partial charge in [0.25, 0.3) is 0 Å². The van der Waals surface area contributed by atoms with Gasteiger partial charge in [0.05, 0.1) is 0 Å². The van der Waals surface area contributed by atoms with E-state index in [-0.39, 0.29) is 0 Å². The Kier molecular flexibility index (Phi) is 3.95. The number of hydrogen-bond acceptors (Lipinski definition) is 2. The second-order valence-corrected chi connectivity index (χ2v) is 7.14. The molecule has 1 saturated carbocycles. The molecule has 2 nitrogen and oxygen atoms in total. The minimum atomic E-state index is 0.888. The molecule has 18 heavy (non-hydrogen) atoms. The largest absolute Gasteiger partial charge is 0.299 e. The Morgan fingerprint density at radius 2 is 1.61 bits per heavy atom. The average Bonchev–Trinajstić information content (AvgIpc) is 2.67. The summed E-state index contributed by atoms with van der Waals surface area (Å²) in [6.07, 6.45) is 8.66. The van der Waals surface area contributed by atoms with E-state index in [2.05, 4.69) is 23.6 Å². The molecule has 2 heterocycles. The van der Waals surface area contributed by atoms with Crippen LogP contribution in [0.1, 0.15) is 52.4 Å². The fourth-order valence-electron chi connectivity index (χ4n) is 4.73. The summed E-state index contributed by atoms with van der Waals surface area (Å²) < 4.78 is 0. The summed E-state index contributed by atoms with van der Waals surface area (Å²) in [5, 5.41) is 0. The highest BCUT2D eigenvalue weighted by Gasteiger charge is 2.35. The Morgan fingerprint density at radius 1 is 0.833 bits per heavy atom. The van der Waals surface area contributed by atoms with Gasteiger partial charge in [0.15, 0.2) is 0 Å². The summed E-state index contributed by atoms with van der Waals surface area (Å²) in [7, 11) is 0. The highest BCUT2D eigenvalue weighted by atomic mass is 15.3. The fourth-order valence-corrected chi connectivity index (χ4v) is 4.73. The van der Waals surface area contributed by atoms with Crippen LogP contribution in [0.2, 0.25) is 0 Å². The molecule has 2 saturated heterocycles. The molecule has 2 aliphatic heterocycles. The van der Waals surface area contributed by atoms with Crippen LogP contribution < -0.4 is 0 Å². The lowest BCUT2D eigenvalue weighted by atomic mass is 9.79. The van der Waals surface area contributed by atoms with Crippen molar-refractivity contribution in [3.63, 3.8) is 0 Å². The molecule has 3 fully saturated rings. The minimum Gasteiger partial charge on any atom is -0.299 e. The van der Waals surface area contributed by atoms with Crippen LogP contribution in [0, 0.1) is 11.8 Å². The predicted octanol–water partition coefficient (Wildman–Crippen LogP) is 2.98. The Hall–Kier alpha value is -0.0800. The number of rotatable bonds is 1. The maximum Gasteiger partial charge on any atom is 0.0223 e. The molecule has 3 aliphatic rings. The van der Waals surface area contributed by atoms with E-state index in [4.69, 9.17) is 0 Å². The lowest BCUT2D eigenvalue weighted by molar-refractivity contribution is 0.0862. The SMILES string of the molecule is CC1CCC(N2CCCN3CCCC3C2)C(C)C1. The van der Waals surface area contributed by atoms with Crippen molar-refractivity contribution in [1.29, 1.82) is 0 Å². The van der Waals surface area contributed by atoms with E-state index >= 15 is 0 Å². The van der Waals surface area contributed by atoms with Crippen LogP contribution in [0.15, 0.2) is 0 Å². The Bertz CT molecular complexity index is 278. The first-order chi connectivity index (χ1) is 8.74. The monoisotopic (exact) mass is 250 g/mol. The average molecular weight is 250 g/mol. The molecule has 0 N–H and O–H groups in total. The molecule has 4 unspecified atom stereocenters. The van der Waals surface area contributed by atoms with Crippen LogP contribution in [0.5, 0.6) is 0 Å². The van der Waals surface area contributed by atoms with E-state index in [0.29, 0.717) is 0 Å². The topological polar surface area (TPSA) is 6.48 Å². The second kappa shape index (κ2) is 5.50. The zero-order valence-electron chi connectivity index (χ0n) is 12.3. The van der Waals surface area contributed by atoms with Crippen LogP contribution in [-0.4, -0.2) is 48.1 Å². The van der Waals surface area contributed by atoms with E-state index in [1.807, 2.05) is 0 Å². The zero-order valence-corrected chi connectivity index (χ0v) is 12.3. The molecule has 0 amide bonds. The van der Waals surface area contributed by atoms with Gasteiger partial charge in [-0.1, -0.05) is 13.8 Å². The van der Waals surface area contributed by atoms with Crippen LogP contribution in [0.25, 0.3) is 0 Å². The van der Waals surface area contributed by atoms with Crippen molar-refractivity contribution in [2.45, 2.75) is 64.5 Å². The molecule has 0 bridgehead atoms. The maximum absolute atomic E-state index is 2.87. The summed E-state index contributed by atoms with van der Waals surface area (Å²) in [4.78, 5) is 5.63. The summed E-state index contributed by atoms with van der Waals surface area (Å²) >= 11 is 0. The van der Waals surface area contributed by atoms with Gasteiger partial charge >= 0.3 is 0 Å². The maximum atomic E-state index is 2.87. The Balaban J connectivity index is 1.64. The molecular weight excluding hydrogens is 220 g/mol. The first kappa shape index (κ1) is 12.9. The number of fused-ring (bicyclic) bond motifs is 1. The molecule has 4 atom stereocenters. The first-order valence-corrected chi connectivity index (χ1v) is 8.22. The van der Waals surface area contributed by atoms with E-state index in [9.17, 15) is 0 Å². The lowest BCUT2D eigenvalue weighted by Gasteiger charge is -2.41. The third-order valence-corrected chi connectivity index (χ3v) is 5.69. The van der Waals surface area contributed by atoms with Gasteiger partial charge in [-0.05, 0) is 70.0 Å². The van der Waals surface area contributed by atoms with Crippen molar-refractivity contribution in [2.24, 2.45) is 11.8 Å². The van der Waals surface area contributed by atoms with E-state index in [1.165, 1.54) is 64.7 Å². The van der Waals surface area contributed by atoms with Gasteiger partial charge < -0.3 is 0 Å². The van der Waals surface area contributed by atoms with Crippen molar-refractivity contribution in [1.82, 2.24) is 9.80 Å². The summed E-state index contributed by atoms with van der Waals surface area (Å²) in [6, 6.07) is 1.78. The molecule has 104 valence electrons. The first-order valence-electron chi connectivity index (χ1n) is 8.22. The molecule has 1 aliphatic carbocycles. The summed E-state index contributed by atoms with van der Waals surface area (Å²) in [6.45, 7) is 10.4. The predicted molar refractivity (Wildman–Crippen MR) is 76.8 cm³/mol. The van der Waals surface area contributed by atoms with Crippen molar-refractivity contribution >= 4 is 0 Å². The second-order valence-electron chi connectivity index (χ2n) is 7.14. The standard InChI is InChI=1S/C16H30N2/c1-13-6-7-16(14(2)11-13)18-10-4-9-17-8-3-5-15(17)12-18/h13-16H,3-12H2,1-2H3. The lowest BCUT2D eigenvalue weighted by Crippen LogP contribution is -2.46. The third-order valence-electron chi connectivity index (χ3n) is 5.69. The van der Waals surface area contributed by atoms with Crippen LogP contribution in [0.3, 0.4) is 0 Å². The molecule has 0 radical (unpaired) electrons. The molecule has 3 rings (SSSR count). The van der Waals surface area contributed by atoms with Gasteiger partial charge in [0, 0.05) is 18.6 Å². The summed E-state index contributed by atoms with van der Waals surface area (Å²) in [5.41, 5.74) is 0. The molecule has 0 aromatic rings. The van der Waals surface area contributed by atoms with Crippen molar-refractivity contribution in [2.75, 3.05) is 26.2 Å². The summed E-state index contributed by atoms with van der Waals surface area (Å²) in [5.74, 6) is 1.88. The van der Waals surface area contributed by atoms with Crippen LogP contribution in [-0.2, 0) is 0 Å². The van der Waals surface area contributed by atoms with Crippen LogP contribution >= 0.6 is 0 Å². The molecular formula is C16H30N2. The zero-order chi connectivity index (χ0) is 12.5. The van der Waals surface area contributed by atoms with E-state index in [1.54, 1.807) is 0 Å². The Morgan fingerprint density at radius 3 is 2.44 bits per heavy atom. The van der Waals surface area contributed by atoms with Gasteiger partial charge in [0.1, 0.15) is 0 Å². The minimum absolute atomic E-state index is 0.888. The van der Waals surface area contributed by atoms with Crippen molar-refractivity contribution in [3.8, 4) is 0 Å². The highest BCUT2D eigenvalue weighted by Crippen LogP contribution is 2.33. The quantitative estimate of drug-likeness (QED) is 0.706. The van der Waals surface area contributed by atoms with Gasteiger partial charge in [-0.15, -0.1) is 0 Å². The van der Waals surface area contributed by atoms with Crippen molar-refractivity contribution < 1.29 is 0 Å².